The Morgan fingerprint density at radius 2 is 1.50 bits per heavy atom. The van der Waals surface area contributed by atoms with Crippen molar-refractivity contribution in [2.75, 3.05) is 31.5 Å². The van der Waals surface area contributed by atoms with E-state index in [-0.39, 0.29) is 17.5 Å². The van der Waals surface area contributed by atoms with Gasteiger partial charge in [0.25, 0.3) is 5.91 Å². The molecule has 0 radical (unpaired) electrons. The molecule has 3 aromatic rings. The number of anilines is 1. The second kappa shape index (κ2) is 10.4. The van der Waals surface area contributed by atoms with Crippen LogP contribution in [0.15, 0.2) is 96.8 Å². The number of aromatic nitrogens is 1. The van der Waals surface area contributed by atoms with E-state index in [1.807, 2.05) is 30.3 Å². The van der Waals surface area contributed by atoms with Crippen LogP contribution in [0.4, 0.5) is 5.82 Å². The third-order valence-corrected chi connectivity index (χ3v) is 5.58. The zero-order valence-electron chi connectivity index (χ0n) is 17.8. The lowest BCUT2D eigenvalue weighted by molar-refractivity contribution is -0.128. The summed E-state index contributed by atoms with van der Waals surface area (Å²) in [6.07, 6.45) is 3.09. The standard InChI is InChI=1S/C26H25N5O/c27-19-23(20-29-24-13-7-8-14-28-24)26(32)31-17-15-30(16-18-31)25(21-9-3-1-4-10-21)22-11-5-2-6-12-22/h1-14,20,25H,15-18H2,(H,28,29)/b23-20-. The molecular weight excluding hydrogens is 398 g/mol. The van der Waals surface area contributed by atoms with Crippen LogP contribution in [0.5, 0.6) is 0 Å². The number of rotatable bonds is 6. The van der Waals surface area contributed by atoms with E-state index in [0.29, 0.717) is 18.9 Å². The fourth-order valence-corrected chi connectivity index (χ4v) is 3.97. The number of nitriles is 1. The number of pyridine rings is 1. The Hall–Kier alpha value is -3.95. The maximum absolute atomic E-state index is 12.9. The van der Waals surface area contributed by atoms with Gasteiger partial charge in [0.05, 0.1) is 6.04 Å². The van der Waals surface area contributed by atoms with Crippen molar-refractivity contribution >= 4 is 11.7 Å². The molecule has 1 amide bonds. The molecule has 1 fully saturated rings. The van der Waals surface area contributed by atoms with Gasteiger partial charge in [-0.1, -0.05) is 66.7 Å². The normalized spacial score (nSPS) is 14.8. The first-order valence-corrected chi connectivity index (χ1v) is 10.7. The summed E-state index contributed by atoms with van der Waals surface area (Å²) in [6, 6.07) is 28.5. The molecule has 6 heteroatoms. The predicted octanol–water partition coefficient (Wildman–Crippen LogP) is 3.83. The van der Waals surface area contributed by atoms with Crippen molar-refractivity contribution < 1.29 is 4.79 Å². The average Bonchev–Trinajstić information content (AvgIpc) is 2.87. The molecule has 1 aromatic heterocycles. The minimum atomic E-state index is -0.258. The van der Waals surface area contributed by atoms with Crippen molar-refractivity contribution in [1.29, 1.82) is 5.26 Å². The summed E-state index contributed by atoms with van der Waals surface area (Å²) >= 11 is 0. The molecule has 160 valence electrons. The summed E-state index contributed by atoms with van der Waals surface area (Å²) in [7, 11) is 0. The van der Waals surface area contributed by atoms with Crippen LogP contribution in [0.1, 0.15) is 17.2 Å². The molecule has 0 saturated carbocycles. The van der Waals surface area contributed by atoms with Crippen LogP contribution in [-0.2, 0) is 4.79 Å². The van der Waals surface area contributed by atoms with Gasteiger partial charge in [-0.3, -0.25) is 9.69 Å². The smallest absolute Gasteiger partial charge is 0.266 e. The molecule has 1 N–H and O–H groups in total. The molecule has 1 aliphatic rings. The average molecular weight is 424 g/mol. The Balaban J connectivity index is 1.45. The van der Waals surface area contributed by atoms with Gasteiger partial charge in [0.1, 0.15) is 17.5 Å². The molecular formula is C26H25N5O. The van der Waals surface area contributed by atoms with E-state index in [4.69, 9.17) is 0 Å². The minimum absolute atomic E-state index is 0.0757. The highest BCUT2D eigenvalue weighted by Gasteiger charge is 2.29. The summed E-state index contributed by atoms with van der Waals surface area (Å²) in [5.74, 6) is 0.331. The lowest BCUT2D eigenvalue weighted by Crippen LogP contribution is -2.50. The molecule has 2 aromatic carbocycles. The fourth-order valence-electron chi connectivity index (χ4n) is 3.97. The van der Waals surface area contributed by atoms with Crippen LogP contribution < -0.4 is 5.32 Å². The molecule has 0 aliphatic carbocycles. The molecule has 1 aliphatic heterocycles. The number of hydrogen-bond acceptors (Lipinski definition) is 5. The van der Waals surface area contributed by atoms with Crippen molar-refractivity contribution in [2.45, 2.75) is 6.04 Å². The Bertz CT molecular complexity index is 1050. The van der Waals surface area contributed by atoms with Gasteiger partial charge < -0.3 is 10.2 Å². The summed E-state index contributed by atoms with van der Waals surface area (Å²) in [6.45, 7) is 2.59. The number of amides is 1. The molecule has 2 heterocycles. The van der Waals surface area contributed by atoms with Crippen molar-refractivity contribution in [1.82, 2.24) is 14.8 Å². The Morgan fingerprint density at radius 3 is 2.03 bits per heavy atom. The highest BCUT2D eigenvalue weighted by atomic mass is 16.2. The van der Waals surface area contributed by atoms with Crippen molar-refractivity contribution in [3.05, 3.63) is 108 Å². The first-order chi connectivity index (χ1) is 15.8. The van der Waals surface area contributed by atoms with Crippen LogP contribution in [0.25, 0.3) is 0 Å². The topological polar surface area (TPSA) is 72.3 Å². The SMILES string of the molecule is N#C/C(=C/Nc1ccccn1)C(=O)N1CCN(C(c2ccccc2)c2ccccc2)CC1. The molecule has 0 unspecified atom stereocenters. The third-order valence-electron chi connectivity index (χ3n) is 5.58. The molecule has 0 spiro atoms. The monoisotopic (exact) mass is 423 g/mol. The van der Waals surface area contributed by atoms with Gasteiger partial charge >= 0.3 is 0 Å². The van der Waals surface area contributed by atoms with Crippen LogP contribution in [0, 0.1) is 11.3 Å². The van der Waals surface area contributed by atoms with Crippen molar-refractivity contribution in [2.24, 2.45) is 0 Å². The molecule has 6 nitrogen and oxygen atoms in total. The van der Waals surface area contributed by atoms with E-state index >= 15 is 0 Å². The first-order valence-electron chi connectivity index (χ1n) is 10.7. The predicted molar refractivity (Wildman–Crippen MR) is 124 cm³/mol. The van der Waals surface area contributed by atoms with Crippen LogP contribution in [0.3, 0.4) is 0 Å². The van der Waals surface area contributed by atoms with Gasteiger partial charge in [-0.05, 0) is 23.3 Å². The second-order valence-electron chi connectivity index (χ2n) is 7.58. The van der Waals surface area contributed by atoms with E-state index in [1.165, 1.54) is 17.3 Å². The second-order valence-corrected chi connectivity index (χ2v) is 7.58. The number of nitrogens with zero attached hydrogens (tertiary/aromatic N) is 4. The third kappa shape index (κ3) is 5.02. The number of nitrogens with one attached hydrogen (secondary N) is 1. The molecule has 1 saturated heterocycles. The maximum atomic E-state index is 12.9. The Labute approximate surface area is 188 Å². The number of hydrogen-bond donors (Lipinski definition) is 1. The van der Waals surface area contributed by atoms with Crippen molar-refractivity contribution in [3.8, 4) is 6.07 Å². The maximum Gasteiger partial charge on any atom is 0.266 e. The summed E-state index contributed by atoms with van der Waals surface area (Å²) in [5.41, 5.74) is 2.54. The van der Waals surface area contributed by atoms with Crippen molar-refractivity contribution in [3.63, 3.8) is 0 Å². The fraction of sp³-hybridized carbons (Fsp3) is 0.192. The molecule has 32 heavy (non-hydrogen) atoms. The number of benzene rings is 2. The molecule has 0 bridgehead atoms. The first kappa shape index (κ1) is 21.3. The lowest BCUT2D eigenvalue weighted by atomic mass is 9.96. The molecule has 4 rings (SSSR count). The van der Waals surface area contributed by atoms with Gasteiger partial charge in [-0.25, -0.2) is 4.98 Å². The van der Waals surface area contributed by atoms with E-state index in [2.05, 4.69) is 63.7 Å². The summed E-state index contributed by atoms with van der Waals surface area (Å²) < 4.78 is 0. The zero-order chi connectivity index (χ0) is 22.2. The van der Waals surface area contributed by atoms with E-state index in [9.17, 15) is 10.1 Å². The summed E-state index contributed by atoms with van der Waals surface area (Å²) in [5, 5.41) is 12.4. The minimum Gasteiger partial charge on any atom is -0.345 e. The van der Waals surface area contributed by atoms with Gasteiger partial charge in [0.15, 0.2) is 0 Å². The highest BCUT2D eigenvalue weighted by molar-refractivity contribution is 5.97. The number of piperazine rings is 1. The van der Waals surface area contributed by atoms with E-state index < -0.39 is 0 Å². The van der Waals surface area contributed by atoms with E-state index in [1.54, 1.807) is 17.2 Å². The van der Waals surface area contributed by atoms with Gasteiger partial charge in [0, 0.05) is 38.6 Å². The van der Waals surface area contributed by atoms with Crippen LogP contribution in [-0.4, -0.2) is 46.9 Å². The Morgan fingerprint density at radius 1 is 0.906 bits per heavy atom. The van der Waals surface area contributed by atoms with Gasteiger partial charge in [-0.2, -0.15) is 5.26 Å². The summed E-state index contributed by atoms with van der Waals surface area (Å²) in [4.78, 5) is 21.2. The zero-order valence-corrected chi connectivity index (χ0v) is 17.8. The largest absolute Gasteiger partial charge is 0.345 e. The number of carbonyl (C=O) groups excluding carboxylic acids is 1. The van der Waals surface area contributed by atoms with Gasteiger partial charge in [-0.15, -0.1) is 0 Å². The lowest BCUT2D eigenvalue weighted by Gasteiger charge is -2.39. The number of carbonyl (C=O) groups is 1. The quantitative estimate of drug-likeness (QED) is 0.482. The van der Waals surface area contributed by atoms with Crippen LogP contribution in [0.2, 0.25) is 0 Å². The highest BCUT2D eigenvalue weighted by Crippen LogP contribution is 2.29. The van der Waals surface area contributed by atoms with Gasteiger partial charge in [0.2, 0.25) is 0 Å². The Kier molecular flexibility index (Phi) is 6.91. The van der Waals surface area contributed by atoms with Crippen LogP contribution >= 0.6 is 0 Å². The molecule has 0 atom stereocenters. The van der Waals surface area contributed by atoms with E-state index in [0.717, 1.165) is 13.1 Å².